The molecule has 108 valence electrons. The van der Waals surface area contributed by atoms with E-state index >= 15 is 0 Å². The molecular formula is C14H26N4S. The van der Waals surface area contributed by atoms with Crippen LogP contribution in [0.4, 0.5) is 0 Å². The summed E-state index contributed by atoms with van der Waals surface area (Å²) >= 11 is 2.09. The van der Waals surface area contributed by atoms with E-state index in [0.717, 1.165) is 17.5 Å². The topological polar surface area (TPSA) is 42.7 Å². The largest absolute Gasteiger partial charge is 0.307 e. The lowest BCUT2D eigenvalue weighted by molar-refractivity contribution is 0.347. The van der Waals surface area contributed by atoms with Crippen LogP contribution in [0.1, 0.15) is 52.7 Å². The molecule has 2 atom stereocenters. The van der Waals surface area contributed by atoms with Crippen molar-refractivity contribution < 1.29 is 0 Å². The lowest BCUT2D eigenvalue weighted by Gasteiger charge is -2.19. The van der Waals surface area contributed by atoms with E-state index in [4.69, 9.17) is 0 Å². The van der Waals surface area contributed by atoms with Crippen molar-refractivity contribution in [3.05, 3.63) is 11.9 Å². The molecular weight excluding hydrogens is 256 g/mol. The normalized spacial score (nSPS) is 24.0. The van der Waals surface area contributed by atoms with Gasteiger partial charge in [0.1, 0.15) is 0 Å². The lowest BCUT2D eigenvalue weighted by atomic mass is 10.1. The van der Waals surface area contributed by atoms with Crippen LogP contribution in [-0.2, 0) is 12.1 Å². The molecule has 0 amide bonds. The number of thioether (sulfide) groups is 1. The SMILES string of the molecule is CCSC1CCCC1NCc1cn(C(C)(C)C)nn1. The number of nitrogens with one attached hydrogen (secondary N) is 1. The monoisotopic (exact) mass is 282 g/mol. The highest BCUT2D eigenvalue weighted by molar-refractivity contribution is 7.99. The summed E-state index contributed by atoms with van der Waals surface area (Å²) in [6, 6.07) is 0.643. The zero-order chi connectivity index (χ0) is 13.9. The molecule has 0 bridgehead atoms. The molecule has 0 saturated heterocycles. The molecule has 4 nitrogen and oxygen atoms in total. The minimum atomic E-state index is 0.0131. The van der Waals surface area contributed by atoms with Crippen LogP contribution in [0.5, 0.6) is 0 Å². The number of nitrogens with zero attached hydrogens (tertiary/aromatic N) is 3. The average molecular weight is 282 g/mol. The second-order valence-electron chi connectivity index (χ2n) is 6.24. The third-order valence-corrected chi connectivity index (χ3v) is 4.93. The summed E-state index contributed by atoms with van der Waals surface area (Å²) in [5.74, 6) is 1.21. The van der Waals surface area contributed by atoms with E-state index in [1.165, 1.54) is 25.0 Å². The molecule has 0 aliphatic heterocycles. The fraction of sp³-hybridized carbons (Fsp3) is 0.857. The molecule has 1 aromatic heterocycles. The van der Waals surface area contributed by atoms with Crippen molar-refractivity contribution >= 4 is 11.8 Å². The highest BCUT2D eigenvalue weighted by Crippen LogP contribution is 2.30. The van der Waals surface area contributed by atoms with Gasteiger partial charge in [-0.2, -0.15) is 11.8 Å². The summed E-state index contributed by atoms with van der Waals surface area (Å²) in [4.78, 5) is 0. The van der Waals surface area contributed by atoms with Gasteiger partial charge >= 0.3 is 0 Å². The first-order chi connectivity index (χ1) is 9.00. The van der Waals surface area contributed by atoms with Gasteiger partial charge in [0.25, 0.3) is 0 Å². The summed E-state index contributed by atoms with van der Waals surface area (Å²) in [6.07, 6.45) is 6.06. The van der Waals surface area contributed by atoms with Crippen molar-refractivity contribution in [2.75, 3.05) is 5.75 Å². The summed E-state index contributed by atoms with van der Waals surface area (Å²) in [6.45, 7) is 9.51. The summed E-state index contributed by atoms with van der Waals surface area (Å²) in [5, 5.41) is 12.9. The Kier molecular flexibility index (Phi) is 4.90. The Morgan fingerprint density at radius 2 is 2.21 bits per heavy atom. The second-order valence-corrected chi connectivity index (χ2v) is 7.75. The Balaban J connectivity index is 1.87. The van der Waals surface area contributed by atoms with Crippen molar-refractivity contribution in [3.8, 4) is 0 Å². The highest BCUT2D eigenvalue weighted by atomic mass is 32.2. The van der Waals surface area contributed by atoms with E-state index in [1.807, 2.05) is 4.68 Å². The Bertz CT molecular complexity index is 396. The Morgan fingerprint density at radius 1 is 1.42 bits per heavy atom. The van der Waals surface area contributed by atoms with Crippen LogP contribution in [0.3, 0.4) is 0 Å². The first-order valence-corrected chi connectivity index (χ1v) is 8.32. The molecule has 1 N–H and O–H groups in total. The average Bonchev–Trinajstić information content (AvgIpc) is 2.94. The molecule has 1 aliphatic carbocycles. The maximum Gasteiger partial charge on any atom is 0.0965 e. The van der Waals surface area contributed by atoms with Gasteiger partial charge in [-0.1, -0.05) is 18.6 Å². The van der Waals surface area contributed by atoms with Crippen molar-refractivity contribution in [3.63, 3.8) is 0 Å². The van der Waals surface area contributed by atoms with Crippen LogP contribution < -0.4 is 5.32 Å². The maximum absolute atomic E-state index is 4.26. The van der Waals surface area contributed by atoms with Crippen molar-refractivity contribution in [2.24, 2.45) is 0 Å². The van der Waals surface area contributed by atoms with E-state index < -0.39 is 0 Å². The summed E-state index contributed by atoms with van der Waals surface area (Å²) in [5.41, 5.74) is 1.06. The van der Waals surface area contributed by atoms with Crippen molar-refractivity contribution in [2.45, 2.75) is 70.3 Å². The van der Waals surface area contributed by atoms with Gasteiger partial charge in [0.15, 0.2) is 0 Å². The fourth-order valence-electron chi connectivity index (χ4n) is 2.52. The first-order valence-electron chi connectivity index (χ1n) is 7.27. The van der Waals surface area contributed by atoms with Gasteiger partial charge in [-0.25, -0.2) is 4.68 Å². The van der Waals surface area contributed by atoms with Gasteiger partial charge in [0, 0.05) is 17.8 Å². The lowest BCUT2D eigenvalue weighted by Crippen LogP contribution is -2.33. The highest BCUT2D eigenvalue weighted by Gasteiger charge is 2.26. The fourth-order valence-corrected chi connectivity index (χ4v) is 3.74. The van der Waals surface area contributed by atoms with Crippen LogP contribution in [0.15, 0.2) is 6.20 Å². The molecule has 1 heterocycles. The molecule has 1 aromatic rings. The molecule has 1 aliphatic rings. The predicted molar refractivity (Wildman–Crippen MR) is 81.4 cm³/mol. The molecule has 0 spiro atoms. The molecule has 2 unspecified atom stereocenters. The minimum Gasteiger partial charge on any atom is -0.307 e. The summed E-state index contributed by atoms with van der Waals surface area (Å²) < 4.78 is 1.94. The van der Waals surface area contributed by atoms with Crippen LogP contribution in [0.2, 0.25) is 0 Å². The molecule has 19 heavy (non-hydrogen) atoms. The molecule has 5 heteroatoms. The zero-order valence-corrected chi connectivity index (χ0v) is 13.3. The van der Waals surface area contributed by atoms with Gasteiger partial charge in [-0.15, -0.1) is 5.10 Å². The Morgan fingerprint density at radius 3 is 2.84 bits per heavy atom. The van der Waals surface area contributed by atoms with Crippen LogP contribution in [-0.4, -0.2) is 32.0 Å². The maximum atomic E-state index is 4.26. The molecule has 0 aromatic carbocycles. The van der Waals surface area contributed by atoms with Crippen LogP contribution in [0.25, 0.3) is 0 Å². The number of rotatable bonds is 5. The van der Waals surface area contributed by atoms with Crippen molar-refractivity contribution in [1.82, 2.24) is 20.3 Å². The van der Waals surface area contributed by atoms with E-state index in [0.29, 0.717) is 6.04 Å². The number of aromatic nitrogens is 3. The smallest absolute Gasteiger partial charge is 0.0965 e. The van der Waals surface area contributed by atoms with Crippen LogP contribution in [0, 0.1) is 0 Å². The van der Waals surface area contributed by atoms with E-state index in [9.17, 15) is 0 Å². The molecule has 0 radical (unpaired) electrons. The summed E-state index contributed by atoms with van der Waals surface area (Å²) in [7, 11) is 0. The van der Waals surface area contributed by atoms with Crippen molar-refractivity contribution in [1.29, 1.82) is 0 Å². The standard InChI is InChI=1S/C14H26N4S/c1-5-19-13-8-6-7-12(13)15-9-11-10-18(17-16-11)14(2,3)4/h10,12-13,15H,5-9H2,1-4H3. The predicted octanol–water partition coefficient (Wildman–Crippen LogP) is 2.80. The quantitative estimate of drug-likeness (QED) is 0.902. The molecule has 1 saturated carbocycles. The van der Waals surface area contributed by atoms with Gasteiger partial charge in [0.2, 0.25) is 0 Å². The Labute approximate surface area is 120 Å². The van der Waals surface area contributed by atoms with Gasteiger partial charge in [0.05, 0.1) is 17.4 Å². The molecule has 1 fully saturated rings. The van der Waals surface area contributed by atoms with Gasteiger partial charge in [-0.3, -0.25) is 0 Å². The van der Waals surface area contributed by atoms with Gasteiger partial charge in [-0.05, 0) is 39.4 Å². The van der Waals surface area contributed by atoms with E-state index in [1.54, 1.807) is 0 Å². The number of hydrogen-bond donors (Lipinski definition) is 1. The Hall–Kier alpha value is -0.550. The minimum absolute atomic E-state index is 0.0131. The first kappa shape index (κ1) is 14.9. The zero-order valence-electron chi connectivity index (χ0n) is 12.5. The van der Waals surface area contributed by atoms with E-state index in [-0.39, 0.29) is 5.54 Å². The van der Waals surface area contributed by atoms with E-state index in [2.05, 4.69) is 61.3 Å². The third-order valence-electron chi connectivity index (χ3n) is 3.61. The van der Waals surface area contributed by atoms with Crippen LogP contribution >= 0.6 is 11.8 Å². The third kappa shape index (κ3) is 3.96. The molecule has 2 rings (SSSR count). The van der Waals surface area contributed by atoms with Gasteiger partial charge < -0.3 is 5.32 Å². The number of hydrogen-bond acceptors (Lipinski definition) is 4. The second kappa shape index (κ2) is 6.27.